The number of nitriles is 1. The topological polar surface area (TPSA) is 106 Å². The van der Waals surface area contributed by atoms with Crippen molar-refractivity contribution in [3.05, 3.63) is 44.9 Å². The second-order valence-corrected chi connectivity index (χ2v) is 6.53. The third kappa shape index (κ3) is 2.99. The minimum absolute atomic E-state index is 0.0453. The number of ether oxygens (including phenoxy) is 3. The molecule has 2 aromatic rings. The highest BCUT2D eigenvalue weighted by molar-refractivity contribution is 9.10. The number of hydrogen-bond donors (Lipinski definition) is 2. The zero-order valence-electron chi connectivity index (χ0n) is 14.7. The molecule has 0 bridgehead atoms. The molecule has 3 rings (SSSR count). The number of rotatable bonds is 5. The number of aromatic amines is 1. The molecule has 1 aliphatic heterocycles. The summed E-state index contributed by atoms with van der Waals surface area (Å²) in [6, 6.07) is 5.89. The summed E-state index contributed by atoms with van der Waals surface area (Å²) in [6.45, 7) is 6.70. The Balaban J connectivity index is 2.25. The Morgan fingerprint density at radius 3 is 2.65 bits per heavy atom. The summed E-state index contributed by atoms with van der Waals surface area (Å²) in [5.74, 6) is 1.26. The van der Waals surface area contributed by atoms with E-state index in [9.17, 15) is 5.26 Å². The first kappa shape index (κ1) is 18.1. The Bertz CT molecular complexity index is 914. The van der Waals surface area contributed by atoms with Crippen LogP contribution in [0.2, 0.25) is 0 Å². The van der Waals surface area contributed by atoms with Crippen LogP contribution in [0.3, 0.4) is 0 Å². The number of nitrogens with zero attached hydrogens (tertiary/aromatic N) is 2. The van der Waals surface area contributed by atoms with Crippen molar-refractivity contribution in [2.45, 2.75) is 26.7 Å². The third-order valence-electron chi connectivity index (χ3n) is 4.10. The molecule has 0 fully saturated rings. The highest BCUT2D eigenvalue weighted by Gasteiger charge is 2.36. The first-order chi connectivity index (χ1) is 12.5. The Morgan fingerprint density at radius 2 is 2.00 bits per heavy atom. The Morgan fingerprint density at radius 1 is 1.31 bits per heavy atom. The number of H-pyrrole nitrogens is 1. The van der Waals surface area contributed by atoms with E-state index in [1.807, 2.05) is 32.9 Å². The number of benzene rings is 1. The van der Waals surface area contributed by atoms with E-state index in [2.05, 4.69) is 32.2 Å². The fraction of sp³-hybridized carbons (Fsp3) is 0.333. The fourth-order valence-corrected chi connectivity index (χ4v) is 3.51. The summed E-state index contributed by atoms with van der Waals surface area (Å²) in [6.07, 6.45) is 0. The lowest BCUT2D eigenvalue weighted by molar-refractivity contribution is 0.318. The predicted octanol–water partition coefficient (Wildman–Crippen LogP) is 3.50. The fourth-order valence-electron chi connectivity index (χ4n) is 3.03. The van der Waals surface area contributed by atoms with Crippen molar-refractivity contribution >= 4 is 15.9 Å². The van der Waals surface area contributed by atoms with Gasteiger partial charge in [-0.1, -0.05) is 0 Å². The smallest absolute Gasteiger partial charge is 0.244 e. The number of allylic oxidation sites excluding steroid dienone is 1. The van der Waals surface area contributed by atoms with E-state index < -0.39 is 5.92 Å². The molecule has 0 saturated heterocycles. The molecule has 1 aromatic carbocycles. The monoisotopic (exact) mass is 418 g/mol. The molecule has 1 aromatic heterocycles. The molecule has 1 atom stereocenters. The van der Waals surface area contributed by atoms with Crippen LogP contribution in [-0.4, -0.2) is 23.4 Å². The molecule has 3 N–H and O–H groups in total. The molecular weight excluding hydrogens is 400 g/mol. The van der Waals surface area contributed by atoms with Crippen LogP contribution >= 0.6 is 15.9 Å². The maximum Gasteiger partial charge on any atom is 0.244 e. The molecule has 0 amide bonds. The van der Waals surface area contributed by atoms with E-state index in [0.29, 0.717) is 36.2 Å². The van der Waals surface area contributed by atoms with Gasteiger partial charge in [0, 0.05) is 22.9 Å². The zero-order valence-corrected chi connectivity index (χ0v) is 16.3. The van der Waals surface area contributed by atoms with Gasteiger partial charge < -0.3 is 19.9 Å². The summed E-state index contributed by atoms with van der Waals surface area (Å²) < 4.78 is 17.8. The molecule has 8 heteroatoms. The minimum Gasteiger partial charge on any atom is -0.493 e. The Hall–Kier alpha value is -2.66. The SMILES string of the molecule is CCOc1cc(OCC)c([C@@H]2C(C#N)=C(N)Oc3n[nH]c(C)c32)cc1Br. The number of hydrogen-bond acceptors (Lipinski definition) is 6. The third-order valence-corrected chi connectivity index (χ3v) is 4.72. The van der Waals surface area contributed by atoms with Crippen LogP contribution in [-0.2, 0) is 0 Å². The Kier molecular flexibility index (Phi) is 5.09. The summed E-state index contributed by atoms with van der Waals surface area (Å²) in [5, 5.41) is 16.7. The van der Waals surface area contributed by atoms with Crippen LogP contribution in [0.25, 0.3) is 0 Å². The van der Waals surface area contributed by atoms with Gasteiger partial charge in [-0.15, -0.1) is 5.10 Å². The van der Waals surface area contributed by atoms with Crippen LogP contribution in [0.15, 0.2) is 28.1 Å². The number of fused-ring (bicyclic) bond motifs is 1. The summed E-state index contributed by atoms with van der Waals surface area (Å²) in [5.41, 5.74) is 8.67. The van der Waals surface area contributed by atoms with Crippen molar-refractivity contribution < 1.29 is 14.2 Å². The van der Waals surface area contributed by atoms with Gasteiger partial charge in [0.1, 0.15) is 23.1 Å². The van der Waals surface area contributed by atoms with Crippen LogP contribution < -0.4 is 19.9 Å². The molecular formula is C18H19BrN4O3. The van der Waals surface area contributed by atoms with Crippen molar-refractivity contribution in [2.24, 2.45) is 5.73 Å². The zero-order chi connectivity index (χ0) is 18.8. The lowest BCUT2D eigenvalue weighted by Crippen LogP contribution is -2.21. The van der Waals surface area contributed by atoms with E-state index in [4.69, 9.17) is 19.9 Å². The Labute approximate surface area is 159 Å². The standard InChI is InChI=1S/C18H19BrN4O3/c1-4-24-13-7-14(25-5-2)12(19)6-10(13)16-11(8-20)17(21)26-18-15(16)9(3)22-23-18/h6-7,16H,4-5,21H2,1-3H3,(H,22,23)/t16-/m1/s1. The van der Waals surface area contributed by atoms with E-state index in [0.717, 1.165) is 21.3 Å². The van der Waals surface area contributed by atoms with Gasteiger partial charge in [0.25, 0.3) is 0 Å². The number of nitrogens with two attached hydrogens (primary N) is 1. The molecule has 136 valence electrons. The number of nitrogens with one attached hydrogen (secondary N) is 1. The lowest BCUT2D eigenvalue weighted by Gasteiger charge is -2.26. The highest BCUT2D eigenvalue weighted by Crippen LogP contribution is 2.47. The van der Waals surface area contributed by atoms with Gasteiger partial charge in [-0.05, 0) is 42.8 Å². The lowest BCUT2D eigenvalue weighted by atomic mass is 9.83. The molecule has 0 spiro atoms. The molecule has 0 aliphatic carbocycles. The normalized spacial score (nSPS) is 15.9. The van der Waals surface area contributed by atoms with Crippen molar-refractivity contribution in [1.29, 1.82) is 5.26 Å². The van der Waals surface area contributed by atoms with Crippen molar-refractivity contribution in [3.8, 4) is 23.4 Å². The van der Waals surface area contributed by atoms with E-state index in [-0.39, 0.29) is 5.88 Å². The minimum atomic E-state index is -0.448. The van der Waals surface area contributed by atoms with Crippen LogP contribution in [0.5, 0.6) is 17.4 Å². The van der Waals surface area contributed by atoms with Gasteiger partial charge in [-0.3, -0.25) is 5.10 Å². The van der Waals surface area contributed by atoms with Gasteiger partial charge in [0.2, 0.25) is 11.8 Å². The molecule has 0 radical (unpaired) electrons. The van der Waals surface area contributed by atoms with Crippen molar-refractivity contribution in [1.82, 2.24) is 10.2 Å². The van der Waals surface area contributed by atoms with Gasteiger partial charge in [0.15, 0.2) is 0 Å². The van der Waals surface area contributed by atoms with Crippen LogP contribution in [0.4, 0.5) is 0 Å². The van der Waals surface area contributed by atoms with Crippen LogP contribution in [0, 0.1) is 18.3 Å². The molecule has 2 heterocycles. The van der Waals surface area contributed by atoms with Crippen molar-refractivity contribution in [2.75, 3.05) is 13.2 Å². The predicted molar refractivity (Wildman–Crippen MR) is 99.1 cm³/mol. The number of halogens is 1. The number of aromatic nitrogens is 2. The average molecular weight is 419 g/mol. The van der Waals surface area contributed by atoms with Crippen molar-refractivity contribution in [3.63, 3.8) is 0 Å². The van der Waals surface area contributed by atoms with Gasteiger partial charge >= 0.3 is 0 Å². The maximum absolute atomic E-state index is 9.70. The van der Waals surface area contributed by atoms with E-state index in [1.165, 1.54) is 0 Å². The van der Waals surface area contributed by atoms with Gasteiger partial charge in [-0.25, -0.2) is 0 Å². The molecule has 7 nitrogen and oxygen atoms in total. The average Bonchev–Trinajstić information content (AvgIpc) is 2.97. The highest BCUT2D eigenvalue weighted by atomic mass is 79.9. The summed E-state index contributed by atoms with van der Waals surface area (Å²) in [4.78, 5) is 0. The van der Waals surface area contributed by atoms with E-state index >= 15 is 0 Å². The number of aryl methyl sites for hydroxylation is 1. The first-order valence-electron chi connectivity index (χ1n) is 8.23. The first-order valence-corrected chi connectivity index (χ1v) is 9.02. The quantitative estimate of drug-likeness (QED) is 0.769. The summed E-state index contributed by atoms with van der Waals surface area (Å²) >= 11 is 3.54. The molecule has 26 heavy (non-hydrogen) atoms. The molecule has 0 unspecified atom stereocenters. The second-order valence-electron chi connectivity index (χ2n) is 5.68. The summed E-state index contributed by atoms with van der Waals surface area (Å²) in [7, 11) is 0. The second kappa shape index (κ2) is 7.30. The van der Waals surface area contributed by atoms with Gasteiger partial charge in [0.05, 0.1) is 23.6 Å². The van der Waals surface area contributed by atoms with Gasteiger partial charge in [-0.2, -0.15) is 5.26 Å². The maximum atomic E-state index is 9.70. The molecule has 1 aliphatic rings. The molecule has 0 saturated carbocycles. The largest absolute Gasteiger partial charge is 0.493 e. The van der Waals surface area contributed by atoms with E-state index in [1.54, 1.807) is 0 Å². The van der Waals surface area contributed by atoms with Crippen LogP contribution in [0.1, 0.15) is 36.6 Å².